The number of carbonyl (C=O) groups is 1. The number of H-pyrrole nitrogens is 2. The molecule has 5 aromatic rings. The second-order valence-electron chi connectivity index (χ2n) is 7.49. The van der Waals surface area contributed by atoms with Crippen molar-refractivity contribution in [3.8, 4) is 11.4 Å². The molecule has 3 N–H and O–H groups in total. The summed E-state index contributed by atoms with van der Waals surface area (Å²) >= 11 is 0. The van der Waals surface area contributed by atoms with E-state index in [1.54, 1.807) is 0 Å². The van der Waals surface area contributed by atoms with Gasteiger partial charge >= 0.3 is 0 Å². The number of anilines is 2. The lowest BCUT2D eigenvalue weighted by atomic mass is 10.1. The van der Waals surface area contributed by atoms with E-state index in [2.05, 4.69) is 21.4 Å². The molecule has 0 radical (unpaired) electrons. The molecule has 0 saturated heterocycles. The Hall–Kier alpha value is -4.06. The third-order valence-electron chi connectivity index (χ3n) is 5.21. The molecule has 0 aliphatic heterocycles. The van der Waals surface area contributed by atoms with Crippen LogP contribution in [0.1, 0.15) is 10.4 Å². The van der Waals surface area contributed by atoms with Gasteiger partial charge in [0.1, 0.15) is 5.82 Å². The lowest BCUT2D eigenvalue weighted by molar-refractivity contribution is 0.102. The van der Waals surface area contributed by atoms with Crippen LogP contribution in [0.25, 0.3) is 33.3 Å². The van der Waals surface area contributed by atoms with E-state index < -0.39 is 0 Å². The predicted octanol–water partition coefficient (Wildman–Crippen LogP) is 5.03. The Labute approximate surface area is 173 Å². The first kappa shape index (κ1) is 18.0. The summed E-state index contributed by atoms with van der Waals surface area (Å²) in [6.07, 6.45) is 1.93. The van der Waals surface area contributed by atoms with Crippen LogP contribution in [-0.4, -0.2) is 35.0 Å². The van der Waals surface area contributed by atoms with Gasteiger partial charge in [-0.05, 0) is 66.7 Å². The fourth-order valence-corrected chi connectivity index (χ4v) is 3.54. The van der Waals surface area contributed by atoms with E-state index in [0.29, 0.717) is 11.3 Å². The van der Waals surface area contributed by atoms with Crippen LogP contribution in [0, 0.1) is 0 Å². The first-order chi connectivity index (χ1) is 14.6. The van der Waals surface area contributed by atoms with Gasteiger partial charge in [0.25, 0.3) is 5.91 Å². The molecule has 5 rings (SSSR count). The average Bonchev–Trinajstić information content (AvgIpc) is 3.39. The van der Waals surface area contributed by atoms with Crippen molar-refractivity contribution in [2.45, 2.75) is 0 Å². The molecule has 0 aliphatic carbocycles. The van der Waals surface area contributed by atoms with Crippen LogP contribution < -0.4 is 10.2 Å². The maximum Gasteiger partial charge on any atom is 0.255 e. The number of hydrogen-bond acceptors (Lipinski definition) is 3. The van der Waals surface area contributed by atoms with Crippen LogP contribution in [0.15, 0.2) is 72.9 Å². The Morgan fingerprint density at radius 2 is 1.73 bits per heavy atom. The Balaban J connectivity index is 1.40. The van der Waals surface area contributed by atoms with Crippen molar-refractivity contribution < 1.29 is 4.79 Å². The third-order valence-corrected chi connectivity index (χ3v) is 5.21. The van der Waals surface area contributed by atoms with Crippen molar-refractivity contribution in [3.63, 3.8) is 0 Å². The number of nitrogens with zero attached hydrogens (tertiary/aromatic N) is 2. The zero-order valence-corrected chi connectivity index (χ0v) is 16.7. The second kappa shape index (κ2) is 7.08. The Kier molecular flexibility index (Phi) is 4.25. The van der Waals surface area contributed by atoms with Gasteiger partial charge in [0.15, 0.2) is 0 Å². The van der Waals surface area contributed by atoms with Crippen molar-refractivity contribution in [1.29, 1.82) is 0 Å². The molecule has 6 nitrogen and oxygen atoms in total. The molecule has 1 amide bonds. The van der Waals surface area contributed by atoms with Gasteiger partial charge in [-0.3, -0.25) is 4.79 Å². The topological polar surface area (TPSA) is 76.8 Å². The van der Waals surface area contributed by atoms with Crippen molar-refractivity contribution in [2.75, 3.05) is 24.3 Å². The Morgan fingerprint density at radius 3 is 2.53 bits per heavy atom. The molecule has 30 heavy (non-hydrogen) atoms. The maximum absolute atomic E-state index is 12.6. The number of amides is 1. The number of benzene rings is 3. The van der Waals surface area contributed by atoms with E-state index in [1.807, 2.05) is 85.9 Å². The number of rotatable bonds is 4. The molecule has 2 aromatic heterocycles. The number of aromatic amines is 2. The summed E-state index contributed by atoms with van der Waals surface area (Å²) in [6.45, 7) is 0. The van der Waals surface area contributed by atoms with Gasteiger partial charge < -0.3 is 20.2 Å². The summed E-state index contributed by atoms with van der Waals surface area (Å²) in [6, 6.07) is 21.4. The molecular weight excluding hydrogens is 374 g/mol. The zero-order valence-electron chi connectivity index (χ0n) is 16.7. The average molecular weight is 395 g/mol. The molecule has 6 heteroatoms. The first-order valence-corrected chi connectivity index (χ1v) is 9.73. The summed E-state index contributed by atoms with van der Waals surface area (Å²) in [7, 11) is 3.94. The normalized spacial score (nSPS) is 11.1. The highest BCUT2D eigenvalue weighted by atomic mass is 16.1. The van der Waals surface area contributed by atoms with Gasteiger partial charge in [-0.2, -0.15) is 0 Å². The molecule has 0 unspecified atom stereocenters. The summed E-state index contributed by atoms with van der Waals surface area (Å²) < 4.78 is 0. The number of carbonyl (C=O) groups excluding carboxylic acids is 1. The van der Waals surface area contributed by atoms with E-state index >= 15 is 0 Å². The summed E-state index contributed by atoms with van der Waals surface area (Å²) in [4.78, 5) is 25.9. The van der Waals surface area contributed by atoms with Gasteiger partial charge in [-0.1, -0.05) is 0 Å². The monoisotopic (exact) mass is 395 g/mol. The quantitative estimate of drug-likeness (QED) is 0.399. The van der Waals surface area contributed by atoms with Crippen LogP contribution in [0.5, 0.6) is 0 Å². The van der Waals surface area contributed by atoms with E-state index in [0.717, 1.165) is 39.0 Å². The molecule has 0 fully saturated rings. The highest BCUT2D eigenvalue weighted by Gasteiger charge is 2.10. The molecule has 148 valence electrons. The van der Waals surface area contributed by atoms with Crippen LogP contribution in [0.2, 0.25) is 0 Å². The number of hydrogen-bond donors (Lipinski definition) is 3. The van der Waals surface area contributed by atoms with Crippen LogP contribution in [0.4, 0.5) is 11.4 Å². The van der Waals surface area contributed by atoms with Crippen molar-refractivity contribution >= 4 is 39.2 Å². The molecule has 0 spiro atoms. The number of fused-ring (bicyclic) bond motifs is 2. The minimum atomic E-state index is -0.145. The molecule has 0 atom stereocenters. The Morgan fingerprint density at radius 1 is 0.933 bits per heavy atom. The molecular formula is C24H21N5O. The lowest BCUT2D eigenvalue weighted by Gasteiger charge is -2.12. The summed E-state index contributed by atoms with van der Waals surface area (Å²) in [5.41, 5.74) is 6.22. The molecule has 0 saturated carbocycles. The van der Waals surface area contributed by atoms with Gasteiger partial charge in [-0.25, -0.2) is 4.98 Å². The summed E-state index contributed by atoms with van der Waals surface area (Å²) in [5, 5.41) is 4.10. The second-order valence-corrected chi connectivity index (χ2v) is 7.49. The van der Waals surface area contributed by atoms with E-state index in [9.17, 15) is 4.79 Å². The highest BCUT2D eigenvalue weighted by Crippen LogP contribution is 2.26. The SMILES string of the molecule is CN(C)c1ccc(C(=O)Nc2ccc3[nH]c(-c4ccc5[nH]ccc5c4)nc3c2)cc1. The standard InChI is InChI=1S/C24H21N5O/c1-29(2)19-7-3-15(4-8-19)24(30)26-18-6-10-21-22(14-18)28-23(27-21)17-5-9-20-16(13-17)11-12-25-20/h3-14,25H,1-2H3,(H,26,30)(H,27,28). The largest absolute Gasteiger partial charge is 0.378 e. The number of aromatic nitrogens is 3. The van der Waals surface area contributed by atoms with Crippen molar-refractivity contribution in [2.24, 2.45) is 0 Å². The number of imidazole rings is 1. The fraction of sp³-hybridized carbons (Fsp3) is 0.0833. The third kappa shape index (κ3) is 3.28. The number of nitrogens with one attached hydrogen (secondary N) is 3. The highest BCUT2D eigenvalue weighted by molar-refractivity contribution is 6.05. The molecule has 3 aromatic carbocycles. The predicted molar refractivity (Wildman–Crippen MR) is 122 cm³/mol. The molecule has 0 aliphatic rings. The van der Waals surface area contributed by atoms with Crippen molar-refractivity contribution in [3.05, 3.63) is 78.5 Å². The minimum Gasteiger partial charge on any atom is -0.378 e. The minimum absolute atomic E-state index is 0.145. The van der Waals surface area contributed by atoms with Gasteiger partial charge in [0.2, 0.25) is 0 Å². The molecule has 0 bridgehead atoms. The fourth-order valence-electron chi connectivity index (χ4n) is 3.54. The first-order valence-electron chi connectivity index (χ1n) is 9.73. The van der Waals surface area contributed by atoms with Gasteiger partial charge in [0.05, 0.1) is 11.0 Å². The summed E-state index contributed by atoms with van der Waals surface area (Å²) in [5.74, 6) is 0.657. The van der Waals surface area contributed by atoms with Crippen LogP contribution in [-0.2, 0) is 0 Å². The molecule has 2 heterocycles. The van der Waals surface area contributed by atoms with Gasteiger partial charge in [0, 0.05) is 53.7 Å². The Bertz CT molecular complexity index is 1360. The maximum atomic E-state index is 12.6. The van der Waals surface area contributed by atoms with Crippen LogP contribution in [0.3, 0.4) is 0 Å². The van der Waals surface area contributed by atoms with E-state index in [-0.39, 0.29) is 5.91 Å². The lowest BCUT2D eigenvalue weighted by Crippen LogP contribution is -2.13. The van der Waals surface area contributed by atoms with E-state index in [4.69, 9.17) is 4.98 Å². The van der Waals surface area contributed by atoms with Gasteiger partial charge in [-0.15, -0.1) is 0 Å². The van der Waals surface area contributed by atoms with E-state index in [1.165, 1.54) is 0 Å². The van der Waals surface area contributed by atoms with Crippen LogP contribution >= 0.6 is 0 Å². The van der Waals surface area contributed by atoms with Crippen molar-refractivity contribution in [1.82, 2.24) is 15.0 Å². The smallest absolute Gasteiger partial charge is 0.255 e. The zero-order chi connectivity index (χ0) is 20.7.